The lowest BCUT2D eigenvalue weighted by Crippen LogP contribution is -1.92. The van der Waals surface area contributed by atoms with Gasteiger partial charge in [0.25, 0.3) is 0 Å². The summed E-state index contributed by atoms with van der Waals surface area (Å²) < 4.78 is 5.43. The van der Waals surface area contributed by atoms with Gasteiger partial charge in [0.15, 0.2) is 0 Å². The zero-order valence-electron chi connectivity index (χ0n) is 12.5. The van der Waals surface area contributed by atoms with Crippen LogP contribution in [0.5, 0.6) is 5.75 Å². The number of benzene rings is 2. The van der Waals surface area contributed by atoms with Gasteiger partial charge in [-0.15, -0.1) is 11.8 Å². The molecule has 0 saturated heterocycles. The fourth-order valence-corrected chi connectivity index (χ4v) is 3.51. The molecule has 0 aliphatic rings. The van der Waals surface area contributed by atoms with Crippen LogP contribution in [-0.2, 0) is 5.75 Å². The third-order valence-corrected chi connectivity index (χ3v) is 4.70. The van der Waals surface area contributed by atoms with E-state index in [1.54, 1.807) is 18.9 Å². The first-order valence-electron chi connectivity index (χ1n) is 6.99. The standard InChI is InChI=1S/C18H16ClNOS/c1-12-9-17(22-11-13-5-3-6-14(19)10-13)20-18-15(12)7-4-8-16(18)21-2/h3-10H,11H2,1-2H3. The van der Waals surface area contributed by atoms with Crippen LogP contribution in [0.3, 0.4) is 0 Å². The second-order valence-corrected chi connectivity index (χ2v) is 6.48. The summed E-state index contributed by atoms with van der Waals surface area (Å²) in [7, 11) is 1.68. The highest BCUT2D eigenvalue weighted by molar-refractivity contribution is 7.98. The maximum absolute atomic E-state index is 6.03. The minimum atomic E-state index is 0.766. The van der Waals surface area contributed by atoms with Crippen LogP contribution >= 0.6 is 23.4 Å². The van der Waals surface area contributed by atoms with E-state index in [1.807, 2.05) is 30.3 Å². The number of aromatic nitrogens is 1. The van der Waals surface area contributed by atoms with Crippen molar-refractivity contribution in [1.82, 2.24) is 4.98 Å². The molecule has 22 heavy (non-hydrogen) atoms. The second-order valence-electron chi connectivity index (χ2n) is 5.05. The summed E-state index contributed by atoms with van der Waals surface area (Å²) in [4.78, 5) is 4.75. The predicted octanol–water partition coefficient (Wildman–Crippen LogP) is 5.50. The number of ether oxygens (including phenoxy) is 1. The van der Waals surface area contributed by atoms with E-state index in [0.29, 0.717) is 0 Å². The molecule has 0 atom stereocenters. The van der Waals surface area contributed by atoms with E-state index in [2.05, 4.69) is 25.1 Å². The van der Waals surface area contributed by atoms with Crippen LogP contribution in [-0.4, -0.2) is 12.1 Å². The Balaban J connectivity index is 1.91. The SMILES string of the molecule is COc1cccc2c(C)cc(SCc3cccc(Cl)c3)nc12. The predicted molar refractivity (Wildman–Crippen MR) is 94.0 cm³/mol. The monoisotopic (exact) mass is 329 g/mol. The minimum absolute atomic E-state index is 0.766. The van der Waals surface area contributed by atoms with Crippen LogP contribution in [0.2, 0.25) is 5.02 Å². The van der Waals surface area contributed by atoms with E-state index in [4.69, 9.17) is 21.3 Å². The molecule has 4 heteroatoms. The second kappa shape index (κ2) is 6.59. The van der Waals surface area contributed by atoms with Crippen molar-refractivity contribution >= 4 is 34.3 Å². The zero-order valence-corrected chi connectivity index (χ0v) is 14.0. The summed E-state index contributed by atoms with van der Waals surface area (Å²) in [5.41, 5.74) is 3.31. The smallest absolute Gasteiger partial charge is 0.145 e. The Bertz CT molecular complexity index is 819. The van der Waals surface area contributed by atoms with Gasteiger partial charge >= 0.3 is 0 Å². The number of methoxy groups -OCH3 is 1. The molecule has 0 aliphatic carbocycles. The topological polar surface area (TPSA) is 22.1 Å². The summed E-state index contributed by atoms with van der Waals surface area (Å²) in [6.07, 6.45) is 0. The van der Waals surface area contributed by atoms with Gasteiger partial charge in [-0.3, -0.25) is 0 Å². The number of halogens is 1. The fraction of sp³-hybridized carbons (Fsp3) is 0.167. The van der Waals surface area contributed by atoms with Crippen LogP contribution in [0.25, 0.3) is 10.9 Å². The van der Waals surface area contributed by atoms with Crippen molar-refractivity contribution in [3.8, 4) is 5.75 Å². The van der Waals surface area contributed by atoms with Crippen LogP contribution in [0.15, 0.2) is 53.6 Å². The molecule has 112 valence electrons. The van der Waals surface area contributed by atoms with Gasteiger partial charge in [-0.25, -0.2) is 4.98 Å². The van der Waals surface area contributed by atoms with Crippen LogP contribution in [0.4, 0.5) is 0 Å². The quantitative estimate of drug-likeness (QED) is 0.590. The average molecular weight is 330 g/mol. The van der Waals surface area contributed by atoms with Crippen molar-refractivity contribution < 1.29 is 4.74 Å². The Hall–Kier alpha value is -1.71. The van der Waals surface area contributed by atoms with E-state index in [0.717, 1.165) is 32.5 Å². The molecule has 2 nitrogen and oxygen atoms in total. The zero-order chi connectivity index (χ0) is 15.5. The van der Waals surface area contributed by atoms with Gasteiger partial charge in [-0.1, -0.05) is 35.9 Å². The average Bonchev–Trinajstić information content (AvgIpc) is 2.52. The highest BCUT2D eigenvalue weighted by Gasteiger charge is 2.08. The molecule has 0 spiro atoms. The number of hydrogen-bond donors (Lipinski definition) is 0. The number of thioether (sulfide) groups is 1. The number of para-hydroxylation sites is 1. The van der Waals surface area contributed by atoms with E-state index in [-0.39, 0.29) is 0 Å². The first kappa shape index (κ1) is 15.2. The molecule has 0 fully saturated rings. The van der Waals surface area contributed by atoms with Crippen molar-refractivity contribution in [2.45, 2.75) is 17.7 Å². The molecule has 2 aromatic carbocycles. The first-order valence-corrected chi connectivity index (χ1v) is 8.35. The lowest BCUT2D eigenvalue weighted by molar-refractivity contribution is 0.418. The summed E-state index contributed by atoms with van der Waals surface area (Å²) in [6.45, 7) is 2.10. The Kier molecular flexibility index (Phi) is 4.55. The summed E-state index contributed by atoms with van der Waals surface area (Å²) in [5, 5.41) is 2.89. The molecule has 3 rings (SSSR count). The highest BCUT2D eigenvalue weighted by atomic mass is 35.5. The molecular weight excluding hydrogens is 314 g/mol. The summed E-state index contributed by atoms with van der Waals surface area (Å²) in [6, 6.07) is 16.1. The van der Waals surface area contributed by atoms with Crippen LogP contribution in [0.1, 0.15) is 11.1 Å². The Morgan fingerprint density at radius 3 is 2.73 bits per heavy atom. The highest BCUT2D eigenvalue weighted by Crippen LogP contribution is 2.31. The third kappa shape index (κ3) is 3.21. The maximum Gasteiger partial charge on any atom is 0.145 e. The molecule has 0 unspecified atom stereocenters. The normalized spacial score (nSPS) is 10.9. The van der Waals surface area contributed by atoms with E-state index in [1.165, 1.54) is 11.1 Å². The van der Waals surface area contributed by atoms with E-state index in [9.17, 15) is 0 Å². The number of rotatable bonds is 4. The van der Waals surface area contributed by atoms with Crippen molar-refractivity contribution in [3.05, 3.63) is 64.7 Å². The molecule has 1 aromatic heterocycles. The Morgan fingerprint density at radius 2 is 1.95 bits per heavy atom. The number of nitrogens with zero attached hydrogens (tertiary/aromatic N) is 1. The summed E-state index contributed by atoms with van der Waals surface area (Å²) in [5.74, 6) is 1.65. The van der Waals surface area contributed by atoms with Gasteiger partial charge < -0.3 is 4.74 Å². The number of pyridine rings is 1. The van der Waals surface area contributed by atoms with Crippen molar-refractivity contribution in [2.75, 3.05) is 7.11 Å². The molecule has 3 aromatic rings. The first-order chi connectivity index (χ1) is 10.7. The molecular formula is C18H16ClNOS. The molecule has 0 N–H and O–H groups in total. The largest absolute Gasteiger partial charge is 0.494 e. The van der Waals surface area contributed by atoms with Crippen molar-refractivity contribution in [2.24, 2.45) is 0 Å². The van der Waals surface area contributed by atoms with Crippen LogP contribution in [0, 0.1) is 6.92 Å². The lowest BCUT2D eigenvalue weighted by Gasteiger charge is -2.09. The Morgan fingerprint density at radius 1 is 1.14 bits per heavy atom. The number of fused-ring (bicyclic) bond motifs is 1. The minimum Gasteiger partial charge on any atom is -0.494 e. The van der Waals surface area contributed by atoms with E-state index >= 15 is 0 Å². The molecule has 0 radical (unpaired) electrons. The molecule has 1 heterocycles. The number of aryl methyl sites for hydroxylation is 1. The fourth-order valence-electron chi connectivity index (χ4n) is 2.38. The van der Waals surface area contributed by atoms with Gasteiger partial charge in [0, 0.05) is 16.2 Å². The van der Waals surface area contributed by atoms with Gasteiger partial charge in [-0.2, -0.15) is 0 Å². The van der Waals surface area contributed by atoms with Crippen molar-refractivity contribution in [3.63, 3.8) is 0 Å². The van der Waals surface area contributed by atoms with Gasteiger partial charge in [0.2, 0.25) is 0 Å². The van der Waals surface area contributed by atoms with Gasteiger partial charge in [0.1, 0.15) is 11.3 Å². The molecule has 0 aliphatic heterocycles. The molecule has 0 saturated carbocycles. The Labute approximate surface area is 139 Å². The molecule has 0 bridgehead atoms. The summed E-state index contributed by atoms with van der Waals surface area (Å²) >= 11 is 7.73. The lowest BCUT2D eigenvalue weighted by atomic mass is 10.1. The van der Waals surface area contributed by atoms with Crippen LogP contribution < -0.4 is 4.74 Å². The maximum atomic E-state index is 6.03. The van der Waals surface area contributed by atoms with Gasteiger partial charge in [0.05, 0.1) is 12.1 Å². The van der Waals surface area contributed by atoms with E-state index < -0.39 is 0 Å². The number of hydrogen-bond acceptors (Lipinski definition) is 3. The van der Waals surface area contributed by atoms with Gasteiger partial charge in [-0.05, 0) is 42.3 Å². The molecule has 0 amide bonds. The van der Waals surface area contributed by atoms with Crippen molar-refractivity contribution in [1.29, 1.82) is 0 Å². The third-order valence-electron chi connectivity index (χ3n) is 3.48.